The van der Waals surface area contributed by atoms with Crippen LogP contribution in [0, 0.1) is 0 Å². The highest BCUT2D eigenvalue weighted by molar-refractivity contribution is 9.10. The average molecular weight is 251 g/mol. The number of hydrogen-bond acceptors (Lipinski definition) is 2. The van der Waals surface area contributed by atoms with Gasteiger partial charge in [-0.25, -0.2) is 0 Å². The summed E-state index contributed by atoms with van der Waals surface area (Å²) >= 11 is 8.97. The van der Waals surface area contributed by atoms with Crippen molar-refractivity contribution >= 4 is 27.5 Å². The summed E-state index contributed by atoms with van der Waals surface area (Å²) in [6.07, 6.45) is 2.31. The van der Waals surface area contributed by atoms with Gasteiger partial charge in [0.2, 0.25) is 0 Å². The van der Waals surface area contributed by atoms with Gasteiger partial charge in [0.1, 0.15) is 0 Å². The smallest absolute Gasteiger partial charge is 0.0650 e. The van der Waals surface area contributed by atoms with Crippen molar-refractivity contribution in [3.63, 3.8) is 0 Å². The number of hydrogen-bond donors (Lipinski definition) is 1. The molecule has 0 saturated carbocycles. The summed E-state index contributed by atoms with van der Waals surface area (Å²) in [6.45, 7) is 0.127. The van der Waals surface area contributed by atoms with Crippen molar-refractivity contribution in [2.24, 2.45) is 0 Å². The van der Waals surface area contributed by atoms with Crippen molar-refractivity contribution in [2.45, 2.75) is 12.3 Å². The van der Waals surface area contributed by atoms with Gasteiger partial charge in [-0.05, 0) is 34.0 Å². The maximum atomic E-state index is 8.74. The second-order valence-electron chi connectivity index (χ2n) is 2.37. The molecule has 0 fully saturated rings. The number of aromatic nitrogens is 1. The van der Waals surface area contributed by atoms with Gasteiger partial charge in [-0.3, -0.25) is 4.98 Å². The first-order valence-corrected chi connectivity index (χ1v) is 4.90. The van der Waals surface area contributed by atoms with E-state index in [-0.39, 0.29) is 6.61 Å². The minimum Gasteiger partial charge on any atom is -0.396 e. The zero-order chi connectivity index (χ0) is 8.97. The molecule has 0 saturated heterocycles. The number of pyridine rings is 1. The van der Waals surface area contributed by atoms with Crippen LogP contribution in [0.3, 0.4) is 0 Å². The summed E-state index contributed by atoms with van der Waals surface area (Å²) in [5, 5.41) is 8.74. The van der Waals surface area contributed by atoms with Crippen LogP contribution in [0.5, 0.6) is 0 Å². The van der Waals surface area contributed by atoms with E-state index in [0.717, 1.165) is 15.7 Å². The molecule has 0 aliphatic carbocycles. The van der Waals surface area contributed by atoms with Crippen LogP contribution in [0.2, 0.25) is 0 Å². The number of nitrogens with zero attached hydrogens (tertiary/aromatic N) is 1. The fourth-order valence-electron chi connectivity index (χ4n) is 0.967. The van der Waals surface area contributed by atoms with E-state index in [4.69, 9.17) is 16.7 Å². The summed E-state index contributed by atoms with van der Waals surface area (Å²) in [6, 6.07) is 1.93. The lowest BCUT2D eigenvalue weighted by Crippen LogP contribution is -1.98. The van der Waals surface area contributed by atoms with E-state index in [1.807, 2.05) is 6.07 Å². The van der Waals surface area contributed by atoms with Gasteiger partial charge in [0.05, 0.1) is 11.6 Å². The largest absolute Gasteiger partial charge is 0.396 e. The van der Waals surface area contributed by atoms with E-state index in [1.165, 1.54) is 0 Å². The van der Waals surface area contributed by atoms with Crippen LogP contribution in [0.15, 0.2) is 16.7 Å². The average Bonchev–Trinajstić information content (AvgIpc) is 2.05. The first-order valence-electron chi connectivity index (χ1n) is 3.58. The number of halogens is 2. The third-order valence-electron chi connectivity index (χ3n) is 1.53. The summed E-state index contributed by atoms with van der Waals surface area (Å²) in [7, 11) is 0. The van der Waals surface area contributed by atoms with Gasteiger partial charge in [-0.1, -0.05) is 0 Å². The molecule has 1 heterocycles. The molecule has 1 aromatic heterocycles. The monoisotopic (exact) mass is 249 g/mol. The Morgan fingerprint density at radius 1 is 1.58 bits per heavy atom. The summed E-state index contributed by atoms with van der Waals surface area (Å²) in [5.74, 6) is 0.391. The Hall–Kier alpha value is -0.120. The van der Waals surface area contributed by atoms with Crippen molar-refractivity contribution in [1.29, 1.82) is 0 Å². The van der Waals surface area contributed by atoms with Gasteiger partial charge < -0.3 is 5.11 Å². The van der Waals surface area contributed by atoms with Crippen molar-refractivity contribution in [3.8, 4) is 0 Å². The first kappa shape index (κ1) is 9.96. The lowest BCUT2D eigenvalue weighted by Gasteiger charge is -2.04. The first-order chi connectivity index (χ1) is 5.77. The Kier molecular flexibility index (Phi) is 3.98. The Bertz CT molecular complexity index is 267. The number of rotatable bonds is 3. The predicted molar refractivity (Wildman–Crippen MR) is 52.3 cm³/mol. The molecular weight excluding hydrogens is 241 g/mol. The molecule has 0 bridgehead atoms. The number of aliphatic hydroxyl groups is 1. The molecule has 0 aliphatic rings. The van der Waals surface area contributed by atoms with Crippen molar-refractivity contribution in [3.05, 3.63) is 28.0 Å². The van der Waals surface area contributed by atoms with Gasteiger partial charge >= 0.3 is 0 Å². The fraction of sp³-hybridized carbons (Fsp3) is 0.375. The Morgan fingerprint density at radius 3 is 2.92 bits per heavy atom. The van der Waals surface area contributed by atoms with E-state index in [1.54, 1.807) is 6.20 Å². The molecule has 0 aliphatic heterocycles. The van der Waals surface area contributed by atoms with Gasteiger partial charge in [-0.2, -0.15) is 0 Å². The minimum absolute atomic E-state index is 0.127. The van der Waals surface area contributed by atoms with Gasteiger partial charge in [0.25, 0.3) is 0 Å². The molecule has 66 valence electrons. The van der Waals surface area contributed by atoms with Crippen molar-refractivity contribution in [2.75, 3.05) is 6.61 Å². The Morgan fingerprint density at radius 2 is 2.33 bits per heavy atom. The molecular formula is C8H9BrClNO. The molecule has 4 heteroatoms. The van der Waals surface area contributed by atoms with E-state index in [9.17, 15) is 0 Å². The summed E-state index contributed by atoms with van der Waals surface area (Å²) in [5.41, 5.74) is 1.84. The highest BCUT2D eigenvalue weighted by Gasteiger charge is 2.02. The normalized spacial score (nSPS) is 10.2. The zero-order valence-electron chi connectivity index (χ0n) is 6.43. The fourth-order valence-corrected chi connectivity index (χ4v) is 1.59. The van der Waals surface area contributed by atoms with Crippen LogP contribution in [0.4, 0.5) is 0 Å². The zero-order valence-corrected chi connectivity index (χ0v) is 8.77. The Labute approximate surface area is 84.7 Å². The van der Waals surface area contributed by atoms with E-state index >= 15 is 0 Å². The predicted octanol–water partition coefficient (Wildman–Crippen LogP) is 2.12. The molecule has 1 N–H and O–H groups in total. The second kappa shape index (κ2) is 4.80. The maximum Gasteiger partial charge on any atom is 0.0650 e. The van der Waals surface area contributed by atoms with Gasteiger partial charge in [0, 0.05) is 17.3 Å². The highest BCUT2D eigenvalue weighted by atomic mass is 79.9. The molecule has 1 aromatic rings. The standard InChI is InChI=1S/C8H9BrClNO/c9-7-3-6(1-2-12)8(4-10)11-5-7/h3,5,12H,1-2,4H2. The van der Waals surface area contributed by atoms with Crippen molar-refractivity contribution in [1.82, 2.24) is 4.98 Å². The van der Waals surface area contributed by atoms with Crippen LogP contribution in [-0.2, 0) is 12.3 Å². The summed E-state index contributed by atoms with van der Waals surface area (Å²) < 4.78 is 0.916. The number of aliphatic hydroxyl groups excluding tert-OH is 1. The topological polar surface area (TPSA) is 33.1 Å². The lowest BCUT2D eigenvalue weighted by atomic mass is 10.1. The molecule has 0 aromatic carbocycles. The third-order valence-corrected chi connectivity index (χ3v) is 2.22. The molecule has 0 radical (unpaired) electrons. The Balaban J connectivity index is 2.95. The third kappa shape index (κ3) is 2.44. The quantitative estimate of drug-likeness (QED) is 0.834. The minimum atomic E-state index is 0.127. The van der Waals surface area contributed by atoms with Crippen molar-refractivity contribution < 1.29 is 5.11 Å². The van der Waals surface area contributed by atoms with Gasteiger partial charge in [-0.15, -0.1) is 11.6 Å². The van der Waals surface area contributed by atoms with Crippen LogP contribution in [-0.4, -0.2) is 16.7 Å². The van der Waals surface area contributed by atoms with Crippen LogP contribution in [0.1, 0.15) is 11.3 Å². The molecule has 0 unspecified atom stereocenters. The van der Waals surface area contributed by atoms with E-state index < -0.39 is 0 Å². The van der Waals surface area contributed by atoms with Crippen LogP contribution < -0.4 is 0 Å². The molecule has 0 atom stereocenters. The molecule has 0 spiro atoms. The van der Waals surface area contributed by atoms with E-state index in [0.29, 0.717) is 12.3 Å². The van der Waals surface area contributed by atoms with Gasteiger partial charge in [0.15, 0.2) is 0 Å². The van der Waals surface area contributed by atoms with Crippen LogP contribution >= 0.6 is 27.5 Å². The van der Waals surface area contributed by atoms with Crippen LogP contribution in [0.25, 0.3) is 0 Å². The molecule has 2 nitrogen and oxygen atoms in total. The highest BCUT2D eigenvalue weighted by Crippen LogP contribution is 2.15. The second-order valence-corrected chi connectivity index (χ2v) is 3.55. The molecule has 12 heavy (non-hydrogen) atoms. The molecule has 1 rings (SSSR count). The summed E-state index contributed by atoms with van der Waals surface area (Å²) in [4.78, 5) is 4.13. The number of alkyl halides is 1. The maximum absolute atomic E-state index is 8.74. The SMILES string of the molecule is OCCc1cc(Br)cnc1CCl. The van der Waals surface area contributed by atoms with E-state index in [2.05, 4.69) is 20.9 Å². The lowest BCUT2D eigenvalue weighted by molar-refractivity contribution is 0.299. The molecule has 0 amide bonds.